The van der Waals surface area contributed by atoms with Gasteiger partial charge in [-0.1, -0.05) is 11.6 Å². The maximum atomic E-state index is 13.5. The van der Waals surface area contributed by atoms with Gasteiger partial charge < -0.3 is 10.2 Å². The van der Waals surface area contributed by atoms with E-state index in [1.165, 1.54) is 0 Å². The van der Waals surface area contributed by atoms with Crippen LogP contribution < -0.4 is 5.73 Å². The Labute approximate surface area is 94.8 Å². The normalized spacial score (nSPS) is 10.8. The van der Waals surface area contributed by atoms with E-state index in [-0.39, 0.29) is 22.9 Å². The minimum atomic E-state index is -0.725. The molecular weight excluding hydrogens is 238 g/mol. The molecule has 84 valence electrons. The number of oxazole rings is 1. The molecule has 2 aromatic rings. The van der Waals surface area contributed by atoms with Gasteiger partial charge in [0.25, 0.3) is 0 Å². The Bertz CT molecular complexity index is 528. The molecule has 1 aromatic carbocycles. The Morgan fingerprint density at radius 2 is 2.06 bits per heavy atom. The van der Waals surface area contributed by atoms with E-state index in [9.17, 15) is 8.78 Å². The Balaban J connectivity index is 2.60. The zero-order valence-electron chi connectivity index (χ0n) is 8.01. The van der Waals surface area contributed by atoms with Crippen LogP contribution in [0, 0.1) is 11.6 Å². The molecule has 0 aliphatic carbocycles. The van der Waals surface area contributed by atoms with Gasteiger partial charge in [-0.15, -0.1) is 0 Å². The van der Waals surface area contributed by atoms with Crippen LogP contribution in [0.15, 0.2) is 22.9 Å². The number of hydrogen-bond acceptors (Lipinski definition) is 3. The molecular formula is C10H7ClF2N2O. The van der Waals surface area contributed by atoms with Gasteiger partial charge in [0.2, 0.25) is 0 Å². The highest BCUT2D eigenvalue weighted by molar-refractivity contribution is 6.30. The lowest BCUT2D eigenvalue weighted by molar-refractivity contribution is 0.555. The van der Waals surface area contributed by atoms with Crippen LogP contribution in [-0.4, -0.2) is 4.98 Å². The van der Waals surface area contributed by atoms with Crippen LogP contribution in [0.1, 0.15) is 5.69 Å². The standard InChI is InChI=1S/C10H7ClF2N2O/c11-6-2-7(12)5(1-8(6)13)10-9(3-14)15-4-16-10/h1-2,4H,3,14H2. The number of hydrogen-bond donors (Lipinski definition) is 1. The van der Waals surface area contributed by atoms with Crippen molar-refractivity contribution in [1.29, 1.82) is 0 Å². The van der Waals surface area contributed by atoms with Gasteiger partial charge in [0.15, 0.2) is 12.2 Å². The summed E-state index contributed by atoms with van der Waals surface area (Å²) in [7, 11) is 0. The van der Waals surface area contributed by atoms with Gasteiger partial charge in [0.1, 0.15) is 17.3 Å². The lowest BCUT2D eigenvalue weighted by Crippen LogP contribution is -1.99. The van der Waals surface area contributed by atoms with E-state index in [1.807, 2.05) is 0 Å². The summed E-state index contributed by atoms with van der Waals surface area (Å²) >= 11 is 5.44. The summed E-state index contributed by atoms with van der Waals surface area (Å²) in [5, 5.41) is -0.282. The first kappa shape index (κ1) is 11.0. The molecule has 1 heterocycles. The smallest absolute Gasteiger partial charge is 0.181 e. The summed E-state index contributed by atoms with van der Waals surface area (Å²) in [4.78, 5) is 3.79. The Hall–Kier alpha value is -1.46. The van der Waals surface area contributed by atoms with E-state index in [1.54, 1.807) is 0 Å². The molecule has 0 saturated carbocycles. The number of nitrogens with zero attached hydrogens (tertiary/aromatic N) is 1. The largest absolute Gasteiger partial charge is 0.443 e. The summed E-state index contributed by atoms with van der Waals surface area (Å²) in [6.07, 6.45) is 1.13. The fourth-order valence-electron chi connectivity index (χ4n) is 1.33. The van der Waals surface area contributed by atoms with E-state index in [4.69, 9.17) is 21.8 Å². The van der Waals surface area contributed by atoms with Gasteiger partial charge in [-0.2, -0.15) is 0 Å². The average molecular weight is 245 g/mol. The molecule has 16 heavy (non-hydrogen) atoms. The zero-order valence-corrected chi connectivity index (χ0v) is 8.76. The number of rotatable bonds is 2. The Morgan fingerprint density at radius 1 is 1.31 bits per heavy atom. The molecule has 0 atom stereocenters. The number of nitrogens with two attached hydrogens (primary N) is 1. The van der Waals surface area contributed by atoms with Crippen LogP contribution in [0.2, 0.25) is 5.02 Å². The monoisotopic (exact) mass is 244 g/mol. The first-order valence-electron chi connectivity index (χ1n) is 4.41. The van der Waals surface area contributed by atoms with Crippen molar-refractivity contribution in [1.82, 2.24) is 4.98 Å². The molecule has 0 aliphatic rings. The maximum Gasteiger partial charge on any atom is 0.181 e. The summed E-state index contributed by atoms with van der Waals surface area (Å²) < 4.78 is 31.7. The molecule has 0 unspecified atom stereocenters. The Kier molecular flexibility index (Phi) is 2.89. The third-order valence-corrected chi connectivity index (χ3v) is 2.38. The van der Waals surface area contributed by atoms with Crippen molar-refractivity contribution in [2.75, 3.05) is 0 Å². The Morgan fingerprint density at radius 3 is 2.75 bits per heavy atom. The van der Waals surface area contributed by atoms with Crippen molar-refractivity contribution < 1.29 is 13.2 Å². The quantitative estimate of drug-likeness (QED) is 0.827. The minimum Gasteiger partial charge on any atom is -0.443 e. The third kappa shape index (κ3) is 1.79. The molecule has 0 radical (unpaired) electrons. The molecule has 3 nitrogen and oxygen atoms in total. The van der Waals surface area contributed by atoms with Gasteiger partial charge >= 0.3 is 0 Å². The second-order valence-electron chi connectivity index (χ2n) is 3.08. The first-order chi connectivity index (χ1) is 7.63. The van der Waals surface area contributed by atoms with Crippen molar-refractivity contribution >= 4 is 11.6 Å². The average Bonchev–Trinajstić information content (AvgIpc) is 2.71. The topological polar surface area (TPSA) is 52.0 Å². The van der Waals surface area contributed by atoms with E-state index in [2.05, 4.69) is 4.98 Å². The highest BCUT2D eigenvalue weighted by Crippen LogP contribution is 2.29. The molecule has 0 spiro atoms. The summed E-state index contributed by atoms with van der Waals surface area (Å²) in [5.41, 5.74) is 5.71. The van der Waals surface area contributed by atoms with Gasteiger partial charge in [-0.3, -0.25) is 0 Å². The summed E-state index contributed by atoms with van der Waals surface area (Å²) in [5.74, 6) is -1.29. The molecule has 6 heteroatoms. The third-order valence-electron chi connectivity index (χ3n) is 2.09. The molecule has 0 amide bonds. The van der Waals surface area contributed by atoms with Gasteiger partial charge in [-0.25, -0.2) is 13.8 Å². The second kappa shape index (κ2) is 4.19. The number of halogens is 3. The zero-order chi connectivity index (χ0) is 11.7. The molecule has 0 aliphatic heterocycles. The first-order valence-corrected chi connectivity index (χ1v) is 4.78. The van der Waals surface area contributed by atoms with Crippen molar-refractivity contribution in [2.24, 2.45) is 5.73 Å². The minimum absolute atomic E-state index is 0.0418. The summed E-state index contributed by atoms with van der Waals surface area (Å²) in [6, 6.07) is 1.84. The van der Waals surface area contributed by atoms with Gasteiger partial charge in [0, 0.05) is 6.54 Å². The van der Waals surface area contributed by atoms with E-state index < -0.39 is 11.6 Å². The molecule has 0 saturated heterocycles. The summed E-state index contributed by atoms with van der Waals surface area (Å²) in [6.45, 7) is 0.0789. The SMILES string of the molecule is NCc1ncoc1-c1cc(F)c(Cl)cc1F. The van der Waals surface area contributed by atoms with Gasteiger partial charge in [-0.05, 0) is 12.1 Å². The number of aromatic nitrogens is 1. The lowest BCUT2D eigenvalue weighted by atomic mass is 10.1. The van der Waals surface area contributed by atoms with Crippen LogP contribution in [-0.2, 0) is 6.54 Å². The molecule has 1 aromatic heterocycles. The highest BCUT2D eigenvalue weighted by atomic mass is 35.5. The predicted octanol–water partition coefficient (Wildman–Crippen LogP) is 2.73. The van der Waals surface area contributed by atoms with E-state index in [0.29, 0.717) is 5.69 Å². The molecule has 0 bridgehead atoms. The van der Waals surface area contributed by atoms with Crippen molar-refractivity contribution in [2.45, 2.75) is 6.54 Å². The predicted molar refractivity (Wildman–Crippen MR) is 54.8 cm³/mol. The van der Waals surface area contributed by atoms with Crippen LogP contribution in [0.25, 0.3) is 11.3 Å². The maximum absolute atomic E-state index is 13.5. The highest BCUT2D eigenvalue weighted by Gasteiger charge is 2.16. The van der Waals surface area contributed by atoms with Crippen molar-refractivity contribution in [3.8, 4) is 11.3 Å². The van der Waals surface area contributed by atoms with Crippen LogP contribution >= 0.6 is 11.6 Å². The second-order valence-corrected chi connectivity index (χ2v) is 3.49. The molecule has 2 rings (SSSR count). The van der Waals surface area contributed by atoms with Crippen molar-refractivity contribution in [3.63, 3.8) is 0 Å². The van der Waals surface area contributed by atoms with E-state index in [0.717, 1.165) is 18.5 Å². The fourth-order valence-corrected chi connectivity index (χ4v) is 1.48. The van der Waals surface area contributed by atoms with E-state index >= 15 is 0 Å². The lowest BCUT2D eigenvalue weighted by Gasteiger charge is -2.02. The van der Waals surface area contributed by atoms with Crippen LogP contribution in [0.3, 0.4) is 0 Å². The molecule has 0 fully saturated rings. The van der Waals surface area contributed by atoms with Crippen LogP contribution in [0.5, 0.6) is 0 Å². The van der Waals surface area contributed by atoms with Crippen molar-refractivity contribution in [3.05, 3.63) is 40.9 Å². The fraction of sp³-hybridized carbons (Fsp3) is 0.100. The molecule has 2 N–H and O–H groups in total. The van der Waals surface area contributed by atoms with Crippen LogP contribution in [0.4, 0.5) is 8.78 Å². The van der Waals surface area contributed by atoms with Gasteiger partial charge in [0.05, 0.1) is 10.6 Å². The number of benzene rings is 1.